The molecule has 0 amide bonds. The van der Waals surface area contributed by atoms with E-state index in [1.165, 1.54) is 0 Å². The number of allylic oxidation sites excluding steroid dienone is 2. The van der Waals surface area contributed by atoms with Crippen LogP contribution in [0, 0.1) is 5.92 Å². The molecule has 0 aromatic carbocycles. The highest BCUT2D eigenvalue weighted by molar-refractivity contribution is 14.1. The number of halogens is 1. The summed E-state index contributed by atoms with van der Waals surface area (Å²) in [4.78, 5) is 22.7. The first-order chi connectivity index (χ1) is 6.65. The zero-order valence-corrected chi connectivity index (χ0v) is 10.2. The van der Waals surface area contributed by atoms with Crippen molar-refractivity contribution in [3.63, 3.8) is 0 Å². The molecular weight excluding hydrogens is 295 g/mol. The molecule has 0 aromatic rings. The molecule has 1 atom stereocenters. The molecule has 0 fully saturated rings. The number of carbonyl (C=O) groups excluding carboxylic acids is 2. The van der Waals surface area contributed by atoms with Crippen molar-refractivity contribution in [2.24, 2.45) is 5.92 Å². The van der Waals surface area contributed by atoms with E-state index < -0.39 is 0 Å². The summed E-state index contributed by atoms with van der Waals surface area (Å²) in [6.45, 7) is 2.15. The fraction of sp³-hybridized carbons (Fsp3) is 0.600. The number of ether oxygens (including phenoxy) is 1. The van der Waals surface area contributed by atoms with Crippen molar-refractivity contribution in [3.05, 3.63) is 9.66 Å². The fourth-order valence-electron chi connectivity index (χ4n) is 1.45. The summed E-state index contributed by atoms with van der Waals surface area (Å²) in [6.07, 6.45) is 3.80. The summed E-state index contributed by atoms with van der Waals surface area (Å²) < 4.78 is 5.57. The van der Waals surface area contributed by atoms with E-state index >= 15 is 0 Å². The SMILES string of the molecule is CCOC(=O)CC1CCC=C(I)C1=O. The van der Waals surface area contributed by atoms with Crippen LogP contribution in [0.4, 0.5) is 0 Å². The first kappa shape index (κ1) is 11.7. The smallest absolute Gasteiger partial charge is 0.306 e. The van der Waals surface area contributed by atoms with Crippen LogP contribution >= 0.6 is 22.6 Å². The van der Waals surface area contributed by atoms with Crippen LogP contribution in [0.5, 0.6) is 0 Å². The molecule has 3 nitrogen and oxygen atoms in total. The lowest BCUT2D eigenvalue weighted by molar-refractivity contribution is -0.145. The number of rotatable bonds is 3. The van der Waals surface area contributed by atoms with Crippen molar-refractivity contribution in [3.8, 4) is 0 Å². The first-order valence-corrected chi connectivity index (χ1v) is 5.78. The van der Waals surface area contributed by atoms with E-state index in [2.05, 4.69) is 0 Å². The Kier molecular flexibility index (Phi) is 4.57. The van der Waals surface area contributed by atoms with Gasteiger partial charge in [0.2, 0.25) is 0 Å². The maximum absolute atomic E-state index is 11.6. The highest BCUT2D eigenvalue weighted by Crippen LogP contribution is 2.27. The second-order valence-electron chi connectivity index (χ2n) is 3.20. The van der Waals surface area contributed by atoms with Crippen LogP contribution in [0.15, 0.2) is 9.66 Å². The van der Waals surface area contributed by atoms with Crippen molar-refractivity contribution in [2.75, 3.05) is 6.61 Å². The van der Waals surface area contributed by atoms with Gasteiger partial charge in [-0.25, -0.2) is 0 Å². The van der Waals surface area contributed by atoms with E-state index in [9.17, 15) is 9.59 Å². The Labute approximate surface area is 97.0 Å². The molecule has 0 saturated carbocycles. The third kappa shape index (κ3) is 3.08. The van der Waals surface area contributed by atoms with Crippen LogP contribution < -0.4 is 0 Å². The largest absolute Gasteiger partial charge is 0.466 e. The fourth-order valence-corrected chi connectivity index (χ4v) is 2.21. The summed E-state index contributed by atoms with van der Waals surface area (Å²) in [5.41, 5.74) is 0. The molecule has 0 spiro atoms. The normalized spacial score (nSPS) is 21.7. The monoisotopic (exact) mass is 308 g/mol. The highest BCUT2D eigenvalue weighted by atomic mass is 127. The van der Waals surface area contributed by atoms with E-state index in [0.717, 1.165) is 16.4 Å². The third-order valence-corrected chi connectivity index (χ3v) is 3.14. The van der Waals surface area contributed by atoms with Crippen molar-refractivity contribution in [2.45, 2.75) is 26.2 Å². The van der Waals surface area contributed by atoms with Crippen LogP contribution in [-0.4, -0.2) is 18.4 Å². The zero-order chi connectivity index (χ0) is 10.6. The van der Waals surface area contributed by atoms with Crippen LogP contribution in [0.2, 0.25) is 0 Å². The van der Waals surface area contributed by atoms with Crippen LogP contribution in [0.1, 0.15) is 26.2 Å². The summed E-state index contributed by atoms with van der Waals surface area (Å²) in [6, 6.07) is 0. The predicted octanol–water partition coefficient (Wildman–Crippen LogP) is 2.24. The average Bonchev–Trinajstić information content (AvgIpc) is 2.13. The molecule has 0 heterocycles. The van der Waals surface area contributed by atoms with Gasteiger partial charge in [0, 0.05) is 5.92 Å². The number of esters is 1. The minimum Gasteiger partial charge on any atom is -0.466 e. The molecular formula is C10H13IO3. The molecule has 4 heteroatoms. The zero-order valence-electron chi connectivity index (χ0n) is 8.09. The molecule has 78 valence electrons. The molecule has 1 aliphatic carbocycles. The van der Waals surface area contributed by atoms with Crippen molar-refractivity contribution < 1.29 is 14.3 Å². The van der Waals surface area contributed by atoms with Gasteiger partial charge in [0.1, 0.15) is 0 Å². The van der Waals surface area contributed by atoms with Gasteiger partial charge < -0.3 is 4.74 Å². The molecule has 14 heavy (non-hydrogen) atoms. The summed E-state index contributed by atoms with van der Waals surface area (Å²) in [5, 5.41) is 0. The maximum atomic E-state index is 11.6. The van der Waals surface area contributed by atoms with Crippen LogP contribution in [-0.2, 0) is 14.3 Å². The maximum Gasteiger partial charge on any atom is 0.306 e. The quantitative estimate of drug-likeness (QED) is 0.593. The first-order valence-electron chi connectivity index (χ1n) is 4.70. The van der Waals surface area contributed by atoms with E-state index in [-0.39, 0.29) is 24.1 Å². The number of ketones is 1. The van der Waals surface area contributed by atoms with Crippen LogP contribution in [0.3, 0.4) is 0 Å². The van der Waals surface area contributed by atoms with Gasteiger partial charge in [-0.3, -0.25) is 9.59 Å². The number of Topliss-reactive ketones (excluding diaryl/α,β-unsaturated/α-hetero) is 1. The van der Waals surface area contributed by atoms with Crippen molar-refractivity contribution in [1.82, 2.24) is 0 Å². The molecule has 0 saturated heterocycles. The number of carbonyl (C=O) groups is 2. The standard InChI is InChI=1S/C10H13IO3/c1-2-14-9(12)6-7-4-3-5-8(11)10(7)13/h5,7H,2-4,6H2,1H3. The average molecular weight is 308 g/mol. The van der Waals surface area contributed by atoms with Gasteiger partial charge >= 0.3 is 5.97 Å². The molecule has 0 radical (unpaired) electrons. The Hall–Kier alpha value is -0.390. The van der Waals surface area contributed by atoms with E-state index in [0.29, 0.717) is 6.61 Å². The molecule has 1 unspecified atom stereocenters. The van der Waals surface area contributed by atoms with Crippen molar-refractivity contribution in [1.29, 1.82) is 0 Å². The summed E-state index contributed by atoms with van der Waals surface area (Å²) in [5.74, 6) is -0.340. The Balaban J connectivity index is 2.50. The summed E-state index contributed by atoms with van der Waals surface area (Å²) in [7, 11) is 0. The van der Waals surface area contributed by atoms with Crippen LogP contribution in [0.25, 0.3) is 0 Å². The highest BCUT2D eigenvalue weighted by Gasteiger charge is 2.26. The third-order valence-electron chi connectivity index (χ3n) is 2.16. The molecule has 1 aliphatic rings. The molecule has 0 N–H and O–H groups in total. The molecule has 0 aliphatic heterocycles. The van der Waals surface area contributed by atoms with Crippen molar-refractivity contribution >= 4 is 34.3 Å². The van der Waals surface area contributed by atoms with Gasteiger partial charge in [-0.05, 0) is 42.4 Å². The van der Waals surface area contributed by atoms with Gasteiger partial charge in [0.05, 0.1) is 16.6 Å². The lowest BCUT2D eigenvalue weighted by Gasteiger charge is -2.17. The minimum atomic E-state index is -0.267. The lowest BCUT2D eigenvalue weighted by atomic mass is 9.90. The number of hydrogen-bond acceptors (Lipinski definition) is 3. The second-order valence-corrected chi connectivity index (χ2v) is 4.36. The predicted molar refractivity (Wildman–Crippen MR) is 61.1 cm³/mol. The summed E-state index contributed by atoms with van der Waals surface area (Å²) >= 11 is 2.03. The Morgan fingerprint density at radius 3 is 3.07 bits per heavy atom. The minimum absolute atomic E-state index is 0.0879. The second kappa shape index (κ2) is 5.48. The van der Waals surface area contributed by atoms with Gasteiger partial charge in [0.15, 0.2) is 5.78 Å². The van der Waals surface area contributed by atoms with E-state index in [1.54, 1.807) is 6.92 Å². The molecule has 0 bridgehead atoms. The van der Waals surface area contributed by atoms with Gasteiger partial charge in [-0.2, -0.15) is 0 Å². The Morgan fingerprint density at radius 1 is 1.71 bits per heavy atom. The Morgan fingerprint density at radius 2 is 2.43 bits per heavy atom. The van der Waals surface area contributed by atoms with Gasteiger partial charge in [-0.15, -0.1) is 0 Å². The Bertz CT molecular complexity index is 271. The molecule has 1 rings (SSSR count). The lowest BCUT2D eigenvalue weighted by Crippen LogP contribution is -2.22. The van der Waals surface area contributed by atoms with E-state index in [1.807, 2.05) is 28.7 Å². The molecule has 0 aromatic heterocycles. The van der Waals surface area contributed by atoms with Gasteiger partial charge in [0.25, 0.3) is 0 Å². The van der Waals surface area contributed by atoms with E-state index in [4.69, 9.17) is 4.74 Å². The number of hydrogen-bond donors (Lipinski definition) is 0. The topological polar surface area (TPSA) is 43.4 Å². The van der Waals surface area contributed by atoms with Gasteiger partial charge in [-0.1, -0.05) is 6.08 Å².